The van der Waals surface area contributed by atoms with Crippen molar-refractivity contribution in [3.63, 3.8) is 0 Å². The number of hydrogen-bond acceptors (Lipinski definition) is 5. The smallest absolute Gasteiger partial charge is 0.274 e. The lowest BCUT2D eigenvalue weighted by atomic mass is 10.2. The number of hydrogen-bond donors (Lipinski definition) is 2. The molecule has 3 aromatic rings. The molecule has 2 aromatic carbocycles. The molecule has 0 aliphatic rings. The van der Waals surface area contributed by atoms with Crippen LogP contribution < -0.4 is 20.1 Å². The van der Waals surface area contributed by atoms with Crippen LogP contribution in [0.4, 0.5) is 17.1 Å². The third-order valence-corrected chi connectivity index (χ3v) is 4.33. The van der Waals surface area contributed by atoms with Crippen LogP contribution >= 0.6 is 11.6 Å². The van der Waals surface area contributed by atoms with Gasteiger partial charge in [-0.1, -0.05) is 17.7 Å². The van der Waals surface area contributed by atoms with Crippen LogP contribution in [0.2, 0.25) is 5.02 Å². The third-order valence-electron chi connectivity index (χ3n) is 4.04. The Morgan fingerprint density at radius 1 is 0.964 bits per heavy atom. The molecule has 28 heavy (non-hydrogen) atoms. The maximum absolute atomic E-state index is 12.6. The fourth-order valence-electron chi connectivity index (χ4n) is 2.65. The van der Waals surface area contributed by atoms with E-state index in [0.29, 0.717) is 22.2 Å². The molecule has 0 saturated carbocycles. The second-order valence-electron chi connectivity index (χ2n) is 6.06. The summed E-state index contributed by atoms with van der Waals surface area (Å²) >= 11 is 6.10. The van der Waals surface area contributed by atoms with Gasteiger partial charge in [0, 0.05) is 17.6 Å². The van der Waals surface area contributed by atoms with E-state index in [0.717, 1.165) is 16.9 Å². The van der Waals surface area contributed by atoms with Crippen LogP contribution in [0.15, 0.2) is 54.7 Å². The lowest BCUT2D eigenvalue weighted by molar-refractivity contribution is 0.102. The summed E-state index contributed by atoms with van der Waals surface area (Å²) < 4.78 is 10.5. The van der Waals surface area contributed by atoms with Crippen LogP contribution in [0.25, 0.3) is 0 Å². The van der Waals surface area contributed by atoms with Crippen molar-refractivity contribution in [3.05, 3.63) is 71.0 Å². The number of carbonyl (C=O) groups excluding carboxylic acids is 1. The first-order valence-corrected chi connectivity index (χ1v) is 8.90. The van der Waals surface area contributed by atoms with E-state index in [2.05, 4.69) is 15.6 Å². The van der Waals surface area contributed by atoms with Gasteiger partial charge in [-0.15, -0.1) is 0 Å². The SMILES string of the molecule is COc1ccc(NC(=O)c2cc(Nc3cc(C)ccc3OC)ccn2)cc1Cl. The molecule has 1 amide bonds. The van der Waals surface area contributed by atoms with Gasteiger partial charge in [-0.3, -0.25) is 9.78 Å². The number of ether oxygens (including phenoxy) is 2. The number of nitrogens with one attached hydrogen (secondary N) is 2. The van der Waals surface area contributed by atoms with Crippen molar-refractivity contribution in [2.24, 2.45) is 0 Å². The molecule has 0 spiro atoms. The van der Waals surface area contributed by atoms with Gasteiger partial charge in [0.15, 0.2) is 0 Å². The summed E-state index contributed by atoms with van der Waals surface area (Å²) in [6, 6.07) is 14.3. The first-order chi connectivity index (χ1) is 13.5. The standard InChI is InChI=1S/C21H20ClN3O3/c1-13-4-6-20(28-3)17(10-13)24-15-8-9-23-18(12-15)21(26)25-14-5-7-19(27-2)16(22)11-14/h4-12H,1-3H3,(H,23,24)(H,25,26). The molecule has 1 aromatic heterocycles. The van der Waals surface area contributed by atoms with Gasteiger partial charge < -0.3 is 20.1 Å². The van der Waals surface area contributed by atoms with Crippen molar-refractivity contribution in [2.45, 2.75) is 6.92 Å². The number of amides is 1. The first kappa shape index (κ1) is 19.5. The molecule has 6 nitrogen and oxygen atoms in total. The summed E-state index contributed by atoms with van der Waals surface area (Å²) in [4.78, 5) is 16.7. The average Bonchev–Trinajstić information content (AvgIpc) is 2.68. The molecule has 0 atom stereocenters. The Labute approximate surface area is 168 Å². The molecule has 0 saturated heterocycles. The van der Waals surface area contributed by atoms with Gasteiger partial charge in [0.05, 0.1) is 24.9 Å². The lowest BCUT2D eigenvalue weighted by Crippen LogP contribution is -2.13. The van der Waals surface area contributed by atoms with E-state index in [1.807, 2.05) is 25.1 Å². The maximum atomic E-state index is 12.6. The maximum Gasteiger partial charge on any atom is 0.274 e. The minimum atomic E-state index is -0.346. The number of halogens is 1. The topological polar surface area (TPSA) is 72.5 Å². The number of aromatic nitrogens is 1. The molecule has 144 valence electrons. The molecule has 1 heterocycles. The highest BCUT2D eigenvalue weighted by Crippen LogP contribution is 2.29. The molecular formula is C21H20ClN3O3. The zero-order valence-electron chi connectivity index (χ0n) is 15.7. The molecule has 0 bridgehead atoms. The molecule has 2 N–H and O–H groups in total. The largest absolute Gasteiger partial charge is 0.495 e. The predicted octanol–water partition coefficient (Wildman–Crippen LogP) is 5.06. The summed E-state index contributed by atoms with van der Waals surface area (Å²) in [6.45, 7) is 2.00. The Hall–Kier alpha value is -3.25. The van der Waals surface area contributed by atoms with Crippen molar-refractivity contribution >= 4 is 34.6 Å². The Kier molecular flexibility index (Phi) is 6.01. The van der Waals surface area contributed by atoms with Gasteiger partial charge in [-0.25, -0.2) is 0 Å². The van der Waals surface area contributed by atoms with Gasteiger partial charge in [0.25, 0.3) is 5.91 Å². The number of aryl methyl sites for hydroxylation is 1. The minimum Gasteiger partial charge on any atom is -0.495 e. The van der Waals surface area contributed by atoms with Crippen molar-refractivity contribution in [1.82, 2.24) is 4.98 Å². The Morgan fingerprint density at radius 3 is 2.43 bits per heavy atom. The van der Waals surface area contributed by atoms with Crippen molar-refractivity contribution < 1.29 is 14.3 Å². The average molecular weight is 398 g/mol. The van der Waals surface area contributed by atoms with E-state index in [4.69, 9.17) is 21.1 Å². The summed E-state index contributed by atoms with van der Waals surface area (Å²) in [7, 11) is 3.15. The van der Waals surface area contributed by atoms with Crippen molar-refractivity contribution in [1.29, 1.82) is 0 Å². The molecule has 0 fully saturated rings. The van der Waals surface area contributed by atoms with Crippen LogP contribution in [0.1, 0.15) is 16.1 Å². The summed E-state index contributed by atoms with van der Waals surface area (Å²) in [5.41, 5.74) is 3.44. The van der Waals surface area contributed by atoms with Gasteiger partial charge >= 0.3 is 0 Å². The number of nitrogens with zero attached hydrogens (tertiary/aromatic N) is 1. The van der Waals surface area contributed by atoms with Gasteiger partial charge in [-0.2, -0.15) is 0 Å². The third kappa shape index (κ3) is 4.53. The van der Waals surface area contributed by atoms with Gasteiger partial charge in [-0.05, 0) is 55.0 Å². The van der Waals surface area contributed by atoms with Gasteiger partial charge in [0.1, 0.15) is 17.2 Å². The second kappa shape index (κ2) is 8.63. The normalized spacial score (nSPS) is 10.3. The van der Waals surface area contributed by atoms with Crippen LogP contribution in [0.3, 0.4) is 0 Å². The summed E-state index contributed by atoms with van der Waals surface area (Å²) in [6.07, 6.45) is 1.57. The van der Waals surface area contributed by atoms with Crippen LogP contribution in [-0.4, -0.2) is 25.1 Å². The number of benzene rings is 2. The van der Waals surface area contributed by atoms with E-state index >= 15 is 0 Å². The van der Waals surface area contributed by atoms with E-state index in [1.165, 1.54) is 7.11 Å². The van der Waals surface area contributed by atoms with Crippen LogP contribution in [-0.2, 0) is 0 Å². The Balaban J connectivity index is 1.78. The Morgan fingerprint density at radius 2 is 1.71 bits per heavy atom. The van der Waals surface area contributed by atoms with E-state index in [1.54, 1.807) is 43.6 Å². The fourth-order valence-corrected chi connectivity index (χ4v) is 2.90. The number of carbonyl (C=O) groups is 1. The summed E-state index contributed by atoms with van der Waals surface area (Å²) in [5, 5.41) is 6.46. The molecule has 7 heteroatoms. The number of pyridine rings is 1. The molecule has 0 unspecified atom stereocenters. The van der Waals surface area contributed by atoms with Crippen molar-refractivity contribution in [2.75, 3.05) is 24.9 Å². The zero-order chi connectivity index (χ0) is 20.1. The fraction of sp³-hybridized carbons (Fsp3) is 0.143. The van der Waals surface area contributed by atoms with Crippen LogP contribution in [0, 0.1) is 6.92 Å². The highest BCUT2D eigenvalue weighted by atomic mass is 35.5. The quantitative estimate of drug-likeness (QED) is 0.608. The Bertz CT molecular complexity index is 1010. The van der Waals surface area contributed by atoms with E-state index in [-0.39, 0.29) is 11.6 Å². The molecular weight excluding hydrogens is 378 g/mol. The van der Waals surface area contributed by atoms with E-state index in [9.17, 15) is 4.79 Å². The number of anilines is 3. The number of rotatable bonds is 6. The minimum absolute atomic E-state index is 0.267. The molecule has 0 aliphatic heterocycles. The highest BCUT2D eigenvalue weighted by Gasteiger charge is 2.11. The highest BCUT2D eigenvalue weighted by molar-refractivity contribution is 6.32. The molecule has 3 rings (SSSR count). The van der Waals surface area contributed by atoms with E-state index < -0.39 is 0 Å². The zero-order valence-corrected chi connectivity index (χ0v) is 16.5. The first-order valence-electron chi connectivity index (χ1n) is 8.53. The molecule has 0 radical (unpaired) electrons. The predicted molar refractivity (Wildman–Crippen MR) is 111 cm³/mol. The van der Waals surface area contributed by atoms with Crippen molar-refractivity contribution in [3.8, 4) is 11.5 Å². The summed E-state index contributed by atoms with van der Waals surface area (Å²) in [5.74, 6) is 0.901. The van der Waals surface area contributed by atoms with Gasteiger partial charge in [0.2, 0.25) is 0 Å². The number of methoxy groups -OCH3 is 2. The lowest BCUT2D eigenvalue weighted by Gasteiger charge is -2.13. The van der Waals surface area contributed by atoms with Crippen LogP contribution in [0.5, 0.6) is 11.5 Å². The molecule has 0 aliphatic carbocycles. The monoisotopic (exact) mass is 397 g/mol. The second-order valence-corrected chi connectivity index (χ2v) is 6.47.